The first-order valence-corrected chi connectivity index (χ1v) is 21.0. The summed E-state index contributed by atoms with van der Waals surface area (Å²) in [4.78, 5) is 50.0. The van der Waals surface area contributed by atoms with Crippen LogP contribution < -0.4 is 10.9 Å². The van der Waals surface area contributed by atoms with Gasteiger partial charge in [0.25, 0.3) is 11.5 Å². The highest BCUT2D eigenvalue weighted by molar-refractivity contribution is 5.95. The second-order valence-electron chi connectivity index (χ2n) is 17.7. The van der Waals surface area contributed by atoms with Gasteiger partial charge in [0.1, 0.15) is 17.1 Å². The van der Waals surface area contributed by atoms with Crippen LogP contribution in [0.1, 0.15) is 106 Å². The van der Waals surface area contributed by atoms with Gasteiger partial charge in [-0.2, -0.15) is 0 Å². The van der Waals surface area contributed by atoms with E-state index in [0.29, 0.717) is 35.9 Å². The third-order valence-electron chi connectivity index (χ3n) is 13.0. The van der Waals surface area contributed by atoms with E-state index in [0.717, 1.165) is 97.4 Å². The zero-order valence-electron chi connectivity index (χ0n) is 35.5. The minimum atomic E-state index is -0.491. The zero-order valence-corrected chi connectivity index (χ0v) is 35.5. The number of hydrogen-bond donors (Lipinski definition) is 1. The van der Waals surface area contributed by atoms with Crippen molar-refractivity contribution in [1.82, 2.24) is 28.8 Å². The molecule has 3 aromatic heterocycles. The molecule has 1 aromatic carbocycles. The van der Waals surface area contributed by atoms with Gasteiger partial charge in [-0.3, -0.25) is 19.1 Å². The summed E-state index contributed by atoms with van der Waals surface area (Å²) < 4.78 is 25.3. The Kier molecular flexibility index (Phi) is 11.9. The van der Waals surface area contributed by atoms with E-state index in [9.17, 15) is 14.4 Å². The van der Waals surface area contributed by atoms with E-state index in [1.54, 1.807) is 30.1 Å². The maximum absolute atomic E-state index is 16.0. The lowest BCUT2D eigenvalue weighted by molar-refractivity contribution is 0.0139. The first-order chi connectivity index (χ1) is 27.6. The summed E-state index contributed by atoms with van der Waals surface area (Å²) in [5.41, 5.74) is 5.54. The quantitative estimate of drug-likeness (QED) is 0.191. The number of benzene rings is 1. The highest BCUT2D eigenvalue weighted by atomic mass is 19.1. The Hall–Kier alpha value is -4.97. The molecule has 0 radical (unpaired) electrons. The first-order valence-electron chi connectivity index (χ1n) is 21.0. The smallest absolute Gasteiger partial charge is 0.410 e. The number of amides is 2. The van der Waals surface area contributed by atoms with Gasteiger partial charge < -0.3 is 24.4 Å². The van der Waals surface area contributed by atoms with E-state index < -0.39 is 5.60 Å². The topological polar surface area (TPSA) is 105 Å². The highest BCUT2D eigenvalue weighted by Crippen LogP contribution is 2.38. The predicted octanol–water partition coefficient (Wildman–Crippen LogP) is 8.34. The lowest BCUT2D eigenvalue weighted by Gasteiger charge is -2.41. The molecular weight excluding hydrogens is 734 g/mol. The average molecular weight is 794 g/mol. The average Bonchev–Trinajstić information content (AvgIpc) is 3.55. The lowest BCUT2D eigenvalue weighted by Crippen LogP contribution is -2.44. The molecular formula is C46H60FN7O4. The molecule has 2 amide bonds. The van der Waals surface area contributed by atoms with Crippen LogP contribution in [0.25, 0.3) is 22.3 Å². The number of carbonyl (C=O) groups excluding carboxylic acids is 2. The van der Waals surface area contributed by atoms with E-state index >= 15 is 4.39 Å². The molecule has 1 aliphatic carbocycles. The normalized spacial score (nSPS) is 20.2. The number of aromatic nitrogens is 3. The molecule has 3 aliphatic rings. The molecule has 7 rings (SSSR count). The number of rotatable bonds is 8. The summed E-state index contributed by atoms with van der Waals surface area (Å²) >= 11 is 0. The summed E-state index contributed by atoms with van der Waals surface area (Å²) in [6.45, 7) is 12.6. The first kappa shape index (κ1) is 41.2. The molecule has 4 aromatic rings. The van der Waals surface area contributed by atoms with Crippen molar-refractivity contribution in [2.75, 3.05) is 45.6 Å². The Morgan fingerprint density at radius 3 is 2.33 bits per heavy atom. The highest BCUT2D eigenvalue weighted by Gasteiger charge is 2.35. The van der Waals surface area contributed by atoms with Crippen LogP contribution in [-0.2, 0) is 11.8 Å². The number of nitrogens with zero attached hydrogens (tertiary/aromatic N) is 6. The van der Waals surface area contributed by atoms with Gasteiger partial charge in [0, 0.05) is 106 Å². The molecule has 58 heavy (non-hydrogen) atoms. The molecule has 1 saturated heterocycles. The summed E-state index contributed by atoms with van der Waals surface area (Å²) in [5, 5.41) is 3.92. The molecule has 2 aliphatic heterocycles. The fourth-order valence-electron chi connectivity index (χ4n) is 9.60. The third-order valence-corrected chi connectivity index (χ3v) is 13.0. The van der Waals surface area contributed by atoms with E-state index in [2.05, 4.69) is 38.8 Å². The molecule has 1 atom stereocenters. The SMILES string of the molecule is CNc1ccn(-c2ccnc3c2cc([C@H](C)N2CC=C(c4c(C)cc(C(=O)N(C)C5CCC(C6CCN(C(=O)OC(C)(C)C)CC6)CC5)cc4F)CC2)n3C)c(=O)c1. The number of pyridine rings is 2. The fourth-order valence-corrected chi connectivity index (χ4v) is 9.60. The summed E-state index contributed by atoms with van der Waals surface area (Å²) in [7, 11) is 5.66. The largest absolute Gasteiger partial charge is 0.444 e. The predicted molar refractivity (Wildman–Crippen MR) is 228 cm³/mol. The van der Waals surface area contributed by atoms with Crippen molar-refractivity contribution in [2.45, 2.75) is 97.2 Å². The molecule has 5 heterocycles. The van der Waals surface area contributed by atoms with Gasteiger partial charge in [0.2, 0.25) is 0 Å². The lowest BCUT2D eigenvalue weighted by atomic mass is 9.74. The zero-order chi connectivity index (χ0) is 41.5. The Morgan fingerprint density at radius 2 is 1.71 bits per heavy atom. The molecule has 0 spiro atoms. The van der Waals surface area contributed by atoms with Gasteiger partial charge in [0.05, 0.1) is 5.69 Å². The van der Waals surface area contributed by atoms with Gasteiger partial charge in [-0.1, -0.05) is 6.08 Å². The second kappa shape index (κ2) is 16.7. The Labute approximate surface area is 341 Å². The van der Waals surface area contributed by atoms with E-state index in [-0.39, 0.29) is 35.5 Å². The minimum Gasteiger partial charge on any atom is -0.444 e. The van der Waals surface area contributed by atoms with Gasteiger partial charge in [0.15, 0.2) is 0 Å². The van der Waals surface area contributed by atoms with E-state index in [1.165, 1.54) is 6.07 Å². The van der Waals surface area contributed by atoms with Crippen LogP contribution in [0.5, 0.6) is 0 Å². The van der Waals surface area contributed by atoms with E-state index in [4.69, 9.17) is 4.74 Å². The number of likely N-dealkylation sites (tertiary alicyclic amines) is 1. The minimum absolute atomic E-state index is 0.0435. The number of hydrogen-bond acceptors (Lipinski definition) is 7. The number of anilines is 1. The molecule has 1 N–H and O–H groups in total. The number of nitrogens with one attached hydrogen (secondary N) is 1. The monoisotopic (exact) mass is 793 g/mol. The second-order valence-corrected chi connectivity index (χ2v) is 17.7. The van der Waals surface area contributed by atoms with Gasteiger partial charge in [-0.05, 0) is 133 Å². The van der Waals surface area contributed by atoms with Crippen molar-refractivity contribution < 1.29 is 18.7 Å². The molecule has 310 valence electrons. The van der Waals surface area contributed by atoms with Crippen LogP contribution in [0.4, 0.5) is 14.9 Å². The van der Waals surface area contributed by atoms with Crippen molar-refractivity contribution in [3.8, 4) is 5.69 Å². The van der Waals surface area contributed by atoms with Crippen molar-refractivity contribution in [3.05, 3.63) is 93.4 Å². The van der Waals surface area contributed by atoms with Gasteiger partial charge >= 0.3 is 6.09 Å². The summed E-state index contributed by atoms with van der Waals surface area (Å²) in [6, 6.07) is 10.9. The van der Waals surface area contributed by atoms with Crippen LogP contribution in [0.2, 0.25) is 0 Å². The fraction of sp³-hybridized carbons (Fsp3) is 0.522. The number of piperidine rings is 1. The maximum atomic E-state index is 16.0. The molecule has 2 fully saturated rings. The third kappa shape index (κ3) is 8.44. The molecule has 0 bridgehead atoms. The number of halogens is 1. The number of carbonyl (C=O) groups is 2. The van der Waals surface area contributed by atoms with Crippen molar-refractivity contribution in [3.63, 3.8) is 0 Å². The van der Waals surface area contributed by atoms with Crippen LogP contribution in [0.3, 0.4) is 0 Å². The van der Waals surface area contributed by atoms with Crippen molar-refractivity contribution >= 4 is 34.3 Å². The summed E-state index contributed by atoms with van der Waals surface area (Å²) in [6.07, 6.45) is 12.1. The number of aryl methyl sites for hydroxylation is 2. The van der Waals surface area contributed by atoms with Gasteiger partial charge in [-0.15, -0.1) is 0 Å². The Balaban J connectivity index is 0.966. The maximum Gasteiger partial charge on any atom is 0.410 e. The molecule has 1 saturated carbocycles. The van der Waals surface area contributed by atoms with E-state index in [1.807, 2.05) is 69.8 Å². The van der Waals surface area contributed by atoms with Crippen LogP contribution in [0.15, 0.2) is 59.7 Å². The van der Waals surface area contributed by atoms with Crippen LogP contribution in [0, 0.1) is 24.6 Å². The van der Waals surface area contributed by atoms with Gasteiger partial charge in [-0.25, -0.2) is 14.2 Å². The van der Waals surface area contributed by atoms with Crippen LogP contribution in [-0.4, -0.2) is 92.7 Å². The number of ether oxygens (including phenoxy) is 1. The molecule has 0 unspecified atom stereocenters. The Morgan fingerprint density at radius 1 is 1.00 bits per heavy atom. The summed E-state index contributed by atoms with van der Waals surface area (Å²) in [5.74, 6) is 0.696. The van der Waals surface area contributed by atoms with Crippen LogP contribution >= 0.6 is 0 Å². The van der Waals surface area contributed by atoms with Crippen molar-refractivity contribution in [1.29, 1.82) is 0 Å². The molecule has 11 nitrogen and oxygen atoms in total. The van der Waals surface area contributed by atoms with Crippen molar-refractivity contribution in [2.24, 2.45) is 18.9 Å². The molecule has 12 heteroatoms. The standard InChI is InChI=1S/C46H60FN7O4/c1-29-25-34(44(56)50(7)36-11-9-31(10-12-36)32-14-22-53(23-15-32)45(57)58-46(3,4)5)26-38(47)42(29)33-16-20-52(21-17-33)30(2)40-28-37-39(13-19-49-43(37)51(40)8)54-24-18-35(48-6)27-41(54)55/h13,16,18-19,24-28,30-32,36,48H,9-12,14-15,17,20-23H2,1-8H3/t30-,31?,36?/m0/s1. The Bertz CT molecular complexity index is 2230. The number of fused-ring (bicyclic) bond motifs is 1.